The Bertz CT molecular complexity index is 1370. The van der Waals surface area contributed by atoms with Crippen molar-refractivity contribution in [3.05, 3.63) is 90.1 Å². The van der Waals surface area contributed by atoms with Gasteiger partial charge in [0, 0.05) is 18.2 Å². The lowest BCUT2D eigenvalue weighted by molar-refractivity contribution is -0.143. The highest BCUT2D eigenvalue weighted by Gasteiger charge is 2.32. The number of benzene rings is 2. The normalized spacial score (nSPS) is 11.4. The van der Waals surface area contributed by atoms with E-state index in [-0.39, 0.29) is 17.9 Å². The van der Waals surface area contributed by atoms with E-state index in [1.54, 1.807) is 37.4 Å². The third-order valence-corrected chi connectivity index (χ3v) is 5.64. The van der Waals surface area contributed by atoms with Crippen molar-refractivity contribution in [2.75, 3.05) is 21.3 Å². The number of esters is 1. The largest absolute Gasteiger partial charge is 0.494 e. The molecular weight excluding hydrogens is 476 g/mol. The molecule has 9 nitrogen and oxygen atoms in total. The molecule has 0 saturated carbocycles. The van der Waals surface area contributed by atoms with Gasteiger partial charge in [-0.2, -0.15) is 0 Å². The van der Waals surface area contributed by atoms with Crippen molar-refractivity contribution in [1.82, 2.24) is 9.97 Å². The molecule has 2 aromatic heterocycles. The van der Waals surface area contributed by atoms with Crippen LogP contribution >= 0.6 is 0 Å². The summed E-state index contributed by atoms with van der Waals surface area (Å²) in [5.41, 5.74) is 2.09. The number of methoxy groups -OCH3 is 3. The van der Waals surface area contributed by atoms with Crippen LogP contribution in [0.25, 0.3) is 11.5 Å². The first-order chi connectivity index (χ1) is 18.0. The minimum absolute atomic E-state index is 0.0394. The number of ketones is 1. The number of rotatable bonds is 11. The molecule has 0 amide bonds. The topological polar surface area (TPSA) is 110 Å². The summed E-state index contributed by atoms with van der Waals surface area (Å²) in [6.45, 7) is 0.359. The Morgan fingerprint density at radius 2 is 1.70 bits per heavy atom. The maximum atomic E-state index is 13.2. The molecule has 0 N–H and O–H groups in total. The Morgan fingerprint density at radius 3 is 2.43 bits per heavy atom. The molecule has 0 aliphatic rings. The summed E-state index contributed by atoms with van der Waals surface area (Å²) in [6.07, 6.45) is 2.82. The fourth-order valence-corrected chi connectivity index (χ4v) is 3.73. The van der Waals surface area contributed by atoms with Crippen LogP contribution in [0.2, 0.25) is 0 Å². The number of hydrogen-bond acceptors (Lipinski definition) is 9. The second kappa shape index (κ2) is 11.9. The lowest BCUT2D eigenvalue weighted by atomic mass is 9.95. The Kier molecular flexibility index (Phi) is 8.15. The standard InChI is InChI=1S/C28H26N2O7/c1-33-22-12-11-19(14-24(22)36-16-18-8-5-4-6-9-18)27-30-20(17-37-27)15-21(28(32)35-3)26(31)25-23(34-2)10-7-13-29-25/h4-14,17,21H,15-16H2,1-3H3. The number of oxazole rings is 1. The van der Waals surface area contributed by atoms with Crippen molar-refractivity contribution >= 4 is 11.8 Å². The molecule has 0 fully saturated rings. The molecule has 1 unspecified atom stereocenters. The molecule has 1 atom stereocenters. The average Bonchev–Trinajstić information content (AvgIpc) is 3.43. The van der Waals surface area contributed by atoms with Gasteiger partial charge in [0.1, 0.15) is 30.2 Å². The zero-order valence-electron chi connectivity index (χ0n) is 20.7. The Morgan fingerprint density at radius 1 is 0.919 bits per heavy atom. The van der Waals surface area contributed by atoms with Crippen molar-refractivity contribution in [3.63, 3.8) is 0 Å². The monoisotopic (exact) mass is 502 g/mol. The molecule has 2 heterocycles. The van der Waals surface area contributed by atoms with Gasteiger partial charge in [-0.1, -0.05) is 30.3 Å². The second-order valence-corrected chi connectivity index (χ2v) is 7.98. The van der Waals surface area contributed by atoms with E-state index in [1.165, 1.54) is 26.7 Å². The molecular formula is C28H26N2O7. The van der Waals surface area contributed by atoms with E-state index in [0.29, 0.717) is 35.3 Å². The molecule has 4 aromatic rings. The fraction of sp³-hybridized carbons (Fsp3) is 0.214. The molecule has 0 bridgehead atoms. The molecule has 9 heteroatoms. The second-order valence-electron chi connectivity index (χ2n) is 7.98. The van der Waals surface area contributed by atoms with Gasteiger partial charge in [0.05, 0.1) is 27.0 Å². The van der Waals surface area contributed by atoms with Gasteiger partial charge in [-0.15, -0.1) is 0 Å². The first-order valence-electron chi connectivity index (χ1n) is 11.4. The maximum Gasteiger partial charge on any atom is 0.317 e. The van der Waals surface area contributed by atoms with Crippen molar-refractivity contribution in [2.24, 2.45) is 5.92 Å². The molecule has 2 aromatic carbocycles. The zero-order chi connectivity index (χ0) is 26.2. The third-order valence-electron chi connectivity index (χ3n) is 5.64. The summed E-state index contributed by atoms with van der Waals surface area (Å²) in [5, 5.41) is 0. The van der Waals surface area contributed by atoms with E-state index in [9.17, 15) is 9.59 Å². The van der Waals surface area contributed by atoms with Gasteiger partial charge in [-0.05, 0) is 35.9 Å². The summed E-state index contributed by atoms with van der Waals surface area (Å²) in [5.74, 6) is -0.761. The number of carbonyl (C=O) groups excluding carboxylic acids is 2. The highest BCUT2D eigenvalue weighted by molar-refractivity contribution is 6.09. The number of carbonyl (C=O) groups is 2. The van der Waals surface area contributed by atoms with Crippen LogP contribution in [0.15, 0.2) is 77.5 Å². The SMILES string of the molecule is COC(=O)C(Cc1coc(-c2ccc(OC)c(OCc3ccccc3)c2)n1)C(=O)c1ncccc1OC. The van der Waals surface area contributed by atoms with E-state index < -0.39 is 17.7 Å². The van der Waals surface area contributed by atoms with Gasteiger partial charge in [-0.3, -0.25) is 9.59 Å². The molecule has 37 heavy (non-hydrogen) atoms. The van der Waals surface area contributed by atoms with Gasteiger partial charge in [-0.25, -0.2) is 9.97 Å². The zero-order valence-corrected chi connectivity index (χ0v) is 20.7. The number of Topliss-reactive ketones (excluding diaryl/α,β-unsaturated/α-hetero) is 1. The molecule has 0 radical (unpaired) electrons. The summed E-state index contributed by atoms with van der Waals surface area (Å²) in [7, 11) is 4.21. The number of ether oxygens (including phenoxy) is 4. The number of aromatic nitrogens is 2. The minimum Gasteiger partial charge on any atom is -0.494 e. The van der Waals surface area contributed by atoms with Crippen LogP contribution in [0.5, 0.6) is 17.2 Å². The maximum absolute atomic E-state index is 13.2. The molecule has 190 valence electrons. The molecule has 0 aliphatic heterocycles. The van der Waals surface area contributed by atoms with Crippen molar-refractivity contribution in [1.29, 1.82) is 0 Å². The Labute approximate surface area is 214 Å². The first kappa shape index (κ1) is 25.4. The Hall–Kier alpha value is -4.66. The summed E-state index contributed by atoms with van der Waals surface area (Å²) < 4.78 is 27.2. The summed E-state index contributed by atoms with van der Waals surface area (Å²) >= 11 is 0. The molecule has 0 saturated heterocycles. The third kappa shape index (κ3) is 5.95. The van der Waals surface area contributed by atoms with Crippen LogP contribution in [-0.2, 0) is 22.6 Å². The molecule has 0 aliphatic carbocycles. The van der Waals surface area contributed by atoms with Crippen molar-refractivity contribution < 1.29 is 33.0 Å². The Balaban J connectivity index is 1.55. The predicted molar refractivity (Wildman–Crippen MR) is 134 cm³/mol. The van der Waals surface area contributed by atoms with E-state index in [2.05, 4.69) is 9.97 Å². The minimum atomic E-state index is -1.17. The number of pyridine rings is 1. The first-order valence-corrected chi connectivity index (χ1v) is 11.4. The van der Waals surface area contributed by atoms with Gasteiger partial charge >= 0.3 is 5.97 Å². The summed E-state index contributed by atoms with van der Waals surface area (Å²) in [4.78, 5) is 34.3. The van der Waals surface area contributed by atoms with Crippen molar-refractivity contribution in [2.45, 2.75) is 13.0 Å². The van der Waals surface area contributed by atoms with Crippen LogP contribution < -0.4 is 14.2 Å². The predicted octanol–water partition coefficient (Wildman–Crippen LogP) is 4.55. The van der Waals surface area contributed by atoms with E-state index in [0.717, 1.165) is 5.56 Å². The van der Waals surface area contributed by atoms with Gasteiger partial charge in [0.15, 0.2) is 17.3 Å². The van der Waals surface area contributed by atoms with Crippen LogP contribution in [-0.4, -0.2) is 43.0 Å². The highest BCUT2D eigenvalue weighted by Crippen LogP contribution is 2.33. The van der Waals surface area contributed by atoms with Gasteiger partial charge in [0.2, 0.25) is 5.89 Å². The van der Waals surface area contributed by atoms with E-state index in [1.807, 2.05) is 30.3 Å². The van der Waals surface area contributed by atoms with E-state index >= 15 is 0 Å². The average molecular weight is 503 g/mol. The van der Waals surface area contributed by atoms with Gasteiger partial charge in [0.25, 0.3) is 0 Å². The molecule has 0 spiro atoms. The number of nitrogens with zero attached hydrogens (tertiary/aromatic N) is 2. The quantitative estimate of drug-likeness (QED) is 0.166. The summed E-state index contributed by atoms with van der Waals surface area (Å²) in [6, 6.07) is 18.3. The lowest BCUT2D eigenvalue weighted by Gasteiger charge is -2.13. The highest BCUT2D eigenvalue weighted by atomic mass is 16.5. The lowest BCUT2D eigenvalue weighted by Crippen LogP contribution is -2.28. The van der Waals surface area contributed by atoms with Crippen LogP contribution in [0.4, 0.5) is 0 Å². The molecule has 4 rings (SSSR count). The fourth-order valence-electron chi connectivity index (χ4n) is 3.73. The van der Waals surface area contributed by atoms with Crippen LogP contribution in [0.1, 0.15) is 21.7 Å². The van der Waals surface area contributed by atoms with Crippen molar-refractivity contribution in [3.8, 4) is 28.7 Å². The smallest absolute Gasteiger partial charge is 0.317 e. The van der Waals surface area contributed by atoms with Crippen LogP contribution in [0, 0.1) is 5.92 Å². The van der Waals surface area contributed by atoms with E-state index in [4.69, 9.17) is 23.4 Å². The van der Waals surface area contributed by atoms with Gasteiger partial charge < -0.3 is 23.4 Å². The van der Waals surface area contributed by atoms with Crippen LogP contribution in [0.3, 0.4) is 0 Å². The number of hydrogen-bond donors (Lipinski definition) is 0.